The molecular formula is C19H24N2O5. The molecule has 1 aromatic heterocycles. The van der Waals surface area contributed by atoms with Gasteiger partial charge < -0.3 is 14.0 Å². The van der Waals surface area contributed by atoms with Gasteiger partial charge in [0.1, 0.15) is 5.75 Å². The molecule has 0 saturated carbocycles. The highest BCUT2D eigenvalue weighted by atomic mass is 16.6. The number of nitro benzene ring substituents is 1. The maximum atomic E-state index is 12.6. The zero-order valence-electron chi connectivity index (χ0n) is 15.6. The average molecular weight is 360 g/mol. The molecule has 26 heavy (non-hydrogen) atoms. The van der Waals surface area contributed by atoms with Crippen LogP contribution in [0.15, 0.2) is 24.3 Å². The quantitative estimate of drug-likeness (QED) is 0.295. The van der Waals surface area contributed by atoms with Crippen LogP contribution in [0.25, 0.3) is 0 Å². The Labute approximate surface area is 152 Å². The molecule has 0 spiro atoms. The largest absolute Gasteiger partial charge is 0.485 e. The number of Topliss-reactive ketones (excluding diaryl/α,β-unsaturated/α-hetero) is 1. The molecule has 1 heterocycles. The number of ether oxygens (including phenoxy) is 2. The second-order valence-electron chi connectivity index (χ2n) is 6.15. The Morgan fingerprint density at radius 1 is 1.27 bits per heavy atom. The van der Waals surface area contributed by atoms with E-state index in [0.29, 0.717) is 23.5 Å². The van der Waals surface area contributed by atoms with Crippen LogP contribution in [0.2, 0.25) is 0 Å². The van der Waals surface area contributed by atoms with Gasteiger partial charge in [-0.1, -0.05) is 6.07 Å². The van der Waals surface area contributed by atoms with Gasteiger partial charge in [0.2, 0.25) is 5.78 Å². The standard InChI is InChI=1S/C19H24N2O5/c1-13-11-16(15(3)20(13)9-6-10-25-4)18(22)12-26-19-8-5-7-17(14(19)2)21(23)24/h5,7-8,11H,6,9-10,12H2,1-4H3. The number of methoxy groups -OCH3 is 1. The van der Waals surface area contributed by atoms with E-state index in [0.717, 1.165) is 24.4 Å². The molecule has 0 bridgehead atoms. The molecule has 140 valence electrons. The summed E-state index contributed by atoms with van der Waals surface area (Å²) in [5.74, 6) is 0.198. The minimum atomic E-state index is -0.461. The Kier molecular flexibility index (Phi) is 6.52. The number of hydrogen-bond donors (Lipinski definition) is 0. The fourth-order valence-electron chi connectivity index (χ4n) is 2.97. The number of hydrogen-bond acceptors (Lipinski definition) is 5. The number of benzene rings is 1. The lowest BCUT2D eigenvalue weighted by Crippen LogP contribution is -2.14. The highest BCUT2D eigenvalue weighted by Gasteiger charge is 2.18. The molecule has 0 radical (unpaired) electrons. The summed E-state index contributed by atoms with van der Waals surface area (Å²) in [6.45, 7) is 6.76. The molecule has 0 saturated heterocycles. The maximum absolute atomic E-state index is 12.6. The smallest absolute Gasteiger partial charge is 0.276 e. The summed E-state index contributed by atoms with van der Waals surface area (Å²) in [6.07, 6.45) is 0.865. The Hall–Kier alpha value is -2.67. The lowest BCUT2D eigenvalue weighted by molar-refractivity contribution is -0.385. The SMILES string of the molecule is COCCCn1c(C)cc(C(=O)COc2cccc([N+](=O)[O-])c2C)c1C. The van der Waals surface area contributed by atoms with Crippen molar-refractivity contribution in [2.75, 3.05) is 20.3 Å². The van der Waals surface area contributed by atoms with Gasteiger partial charge in [-0.3, -0.25) is 14.9 Å². The minimum Gasteiger partial charge on any atom is -0.485 e. The van der Waals surface area contributed by atoms with Crippen LogP contribution in [0.4, 0.5) is 5.69 Å². The summed E-state index contributed by atoms with van der Waals surface area (Å²) in [6, 6.07) is 6.45. The molecule has 0 fully saturated rings. The molecule has 0 N–H and O–H groups in total. The molecule has 0 atom stereocenters. The summed E-state index contributed by atoms with van der Waals surface area (Å²) >= 11 is 0. The van der Waals surface area contributed by atoms with Gasteiger partial charge in [0.05, 0.1) is 10.5 Å². The van der Waals surface area contributed by atoms with Gasteiger partial charge in [0, 0.05) is 43.3 Å². The van der Waals surface area contributed by atoms with E-state index in [-0.39, 0.29) is 18.1 Å². The molecule has 0 aliphatic rings. The van der Waals surface area contributed by atoms with Crippen molar-refractivity contribution in [3.8, 4) is 5.75 Å². The summed E-state index contributed by atoms with van der Waals surface area (Å²) in [4.78, 5) is 23.1. The number of nitro groups is 1. The van der Waals surface area contributed by atoms with Crippen LogP contribution >= 0.6 is 0 Å². The second kappa shape index (κ2) is 8.62. The van der Waals surface area contributed by atoms with Crippen molar-refractivity contribution in [2.24, 2.45) is 0 Å². The fraction of sp³-hybridized carbons (Fsp3) is 0.421. The molecule has 2 aromatic rings. The fourth-order valence-corrected chi connectivity index (χ4v) is 2.97. The normalized spacial score (nSPS) is 10.8. The van der Waals surface area contributed by atoms with Crippen LogP contribution in [0.3, 0.4) is 0 Å². The van der Waals surface area contributed by atoms with Crippen molar-refractivity contribution in [1.29, 1.82) is 0 Å². The van der Waals surface area contributed by atoms with Crippen molar-refractivity contribution in [3.63, 3.8) is 0 Å². The van der Waals surface area contributed by atoms with E-state index in [1.54, 1.807) is 26.2 Å². The lowest BCUT2D eigenvalue weighted by Gasteiger charge is -2.10. The van der Waals surface area contributed by atoms with Crippen molar-refractivity contribution in [2.45, 2.75) is 33.7 Å². The van der Waals surface area contributed by atoms with Gasteiger partial charge >= 0.3 is 0 Å². The summed E-state index contributed by atoms with van der Waals surface area (Å²) in [7, 11) is 1.66. The van der Waals surface area contributed by atoms with Gasteiger partial charge in [-0.15, -0.1) is 0 Å². The van der Waals surface area contributed by atoms with Crippen LogP contribution in [0.1, 0.15) is 33.7 Å². The number of carbonyl (C=O) groups excluding carboxylic acids is 1. The molecule has 7 heteroatoms. The topological polar surface area (TPSA) is 83.6 Å². The average Bonchev–Trinajstić information content (AvgIpc) is 2.88. The van der Waals surface area contributed by atoms with E-state index in [2.05, 4.69) is 4.57 Å². The van der Waals surface area contributed by atoms with E-state index >= 15 is 0 Å². The number of nitrogens with zero attached hydrogens (tertiary/aromatic N) is 2. The van der Waals surface area contributed by atoms with Crippen LogP contribution in [-0.4, -0.2) is 35.6 Å². The van der Waals surface area contributed by atoms with Crippen LogP contribution in [0, 0.1) is 30.9 Å². The van der Waals surface area contributed by atoms with Crippen LogP contribution in [-0.2, 0) is 11.3 Å². The predicted octanol–water partition coefficient (Wildman–Crippen LogP) is 3.62. The van der Waals surface area contributed by atoms with Gasteiger partial charge in [-0.2, -0.15) is 0 Å². The van der Waals surface area contributed by atoms with Crippen LogP contribution in [0.5, 0.6) is 5.75 Å². The Balaban J connectivity index is 2.10. The molecule has 1 aromatic carbocycles. The van der Waals surface area contributed by atoms with E-state index in [9.17, 15) is 14.9 Å². The first-order chi connectivity index (χ1) is 12.4. The van der Waals surface area contributed by atoms with Gasteiger partial charge in [-0.05, 0) is 39.3 Å². The second-order valence-corrected chi connectivity index (χ2v) is 6.15. The number of rotatable bonds is 9. The molecule has 0 aliphatic carbocycles. The number of carbonyl (C=O) groups is 1. The first-order valence-electron chi connectivity index (χ1n) is 8.42. The minimum absolute atomic E-state index is 0.0220. The molecule has 7 nitrogen and oxygen atoms in total. The Morgan fingerprint density at radius 3 is 2.65 bits per heavy atom. The monoisotopic (exact) mass is 360 g/mol. The first kappa shape index (κ1) is 19.7. The summed E-state index contributed by atoms with van der Waals surface area (Å²) < 4.78 is 12.7. The van der Waals surface area contributed by atoms with E-state index < -0.39 is 4.92 Å². The zero-order valence-corrected chi connectivity index (χ0v) is 15.6. The van der Waals surface area contributed by atoms with E-state index in [1.165, 1.54) is 6.07 Å². The third kappa shape index (κ3) is 4.29. The summed E-state index contributed by atoms with van der Waals surface area (Å²) in [5.41, 5.74) is 2.90. The van der Waals surface area contributed by atoms with Gasteiger partial charge in [0.25, 0.3) is 5.69 Å². The van der Waals surface area contributed by atoms with E-state index in [1.807, 2.05) is 19.9 Å². The first-order valence-corrected chi connectivity index (χ1v) is 8.42. The zero-order chi connectivity index (χ0) is 19.3. The Bertz CT molecular complexity index is 811. The van der Waals surface area contributed by atoms with Gasteiger partial charge in [0.15, 0.2) is 6.61 Å². The van der Waals surface area contributed by atoms with Crippen LogP contribution < -0.4 is 4.74 Å². The third-order valence-corrected chi connectivity index (χ3v) is 4.42. The molecule has 0 aliphatic heterocycles. The highest BCUT2D eigenvalue weighted by molar-refractivity contribution is 5.98. The van der Waals surface area contributed by atoms with Gasteiger partial charge in [-0.25, -0.2) is 0 Å². The lowest BCUT2D eigenvalue weighted by atomic mass is 10.1. The van der Waals surface area contributed by atoms with Crippen molar-refractivity contribution in [1.82, 2.24) is 4.57 Å². The van der Waals surface area contributed by atoms with Crippen molar-refractivity contribution >= 4 is 11.5 Å². The molecule has 2 rings (SSSR count). The maximum Gasteiger partial charge on any atom is 0.276 e. The molecular weight excluding hydrogens is 336 g/mol. The Morgan fingerprint density at radius 2 is 2.00 bits per heavy atom. The predicted molar refractivity (Wildman–Crippen MR) is 98.1 cm³/mol. The number of aromatic nitrogens is 1. The van der Waals surface area contributed by atoms with E-state index in [4.69, 9.17) is 9.47 Å². The molecule has 0 amide bonds. The highest BCUT2D eigenvalue weighted by Crippen LogP contribution is 2.27. The number of aryl methyl sites for hydroxylation is 1. The third-order valence-electron chi connectivity index (χ3n) is 4.42. The molecule has 0 unspecified atom stereocenters. The van der Waals surface area contributed by atoms with Crippen molar-refractivity contribution in [3.05, 3.63) is 56.9 Å². The van der Waals surface area contributed by atoms with Crippen molar-refractivity contribution < 1.29 is 19.2 Å². The summed E-state index contributed by atoms with van der Waals surface area (Å²) in [5, 5.41) is 11.0. The number of ketones is 1.